The Morgan fingerprint density at radius 3 is 2.81 bits per heavy atom. The maximum atomic E-state index is 13.0. The monoisotopic (exact) mass is 359 g/mol. The van der Waals surface area contributed by atoms with Gasteiger partial charge in [0.15, 0.2) is 0 Å². The molecule has 1 fully saturated rings. The third-order valence-corrected chi connectivity index (χ3v) is 4.12. The smallest absolute Gasteiger partial charge is 0.230 e. The van der Waals surface area contributed by atoms with Gasteiger partial charge in [-0.3, -0.25) is 4.79 Å². The first-order valence-corrected chi connectivity index (χ1v) is 7.86. The second-order valence-electron chi connectivity index (χ2n) is 5.75. The molecule has 0 radical (unpaired) electrons. The summed E-state index contributed by atoms with van der Waals surface area (Å²) in [6.07, 6.45) is 2.49. The number of aromatic nitrogens is 4. The molecular weight excluding hydrogens is 330 g/mol. The van der Waals surface area contributed by atoms with E-state index in [0.29, 0.717) is 10.9 Å². The second kappa shape index (κ2) is 6.84. The Hall–Kier alpha value is -2.80. The second-order valence-corrected chi connectivity index (χ2v) is 5.75. The molecule has 1 amide bonds. The third-order valence-electron chi connectivity index (χ3n) is 4.12. The number of nitrogens with zero attached hydrogens (tertiary/aromatic N) is 5. The number of aryl methyl sites for hydroxylation is 1. The highest BCUT2D eigenvalue weighted by Gasteiger charge is 2.18. The van der Waals surface area contributed by atoms with Crippen molar-refractivity contribution in [1.82, 2.24) is 24.4 Å². The number of fused-ring (bicyclic) bond motifs is 1. The molecule has 1 saturated heterocycles. The zero-order valence-electron chi connectivity index (χ0n) is 22.1. The van der Waals surface area contributed by atoms with Crippen molar-refractivity contribution in [3.63, 3.8) is 0 Å². The highest BCUT2D eigenvalue weighted by Crippen LogP contribution is 2.23. The van der Waals surface area contributed by atoms with Gasteiger partial charge in [-0.1, -0.05) is 12.1 Å². The summed E-state index contributed by atoms with van der Waals surface area (Å²) in [5, 5.41) is 0.670. The van der Waals surface area contributed by atoms with Gasteiger partial charge in [-0.2, -0.15) is 0 Å². The number of imidazole rings is 1. The van der Waals surface area contributed by atoms with E-state index in [1.807, 2.05) is 24.6 Å². The van der Waals surface area contributed by atoms with Crippen LogP contribution in [0.5, 0.6) is 0 Å². The molecule has 0 atom stereocenters. The SMILES string of the molecule is [2H]C1([2H])OC([2H])([2H])C([2H])([2H])N(C(=O)Cc2ncc3ccc(-c4cnc(C)n4C)cc3n2)C1([2H])[2H]. The Morgan fingerprint density at radius 1 is 1.27 bits per heavy atom. The van der Waals surface area contributed by atoms with Crippen molar-refractivity contribution in [3.05, 3.63) is 42.2 Å². The molecule has 0 saturated carbocycles. The predicted octanol–water partition coefficient (Wildman–Crippen LogP) is 1.74. The van der Waals surface area contributed by atoms with Crippen molar-refractivity contribution in [2.75, 3.05) is 26.1 Å². The Labute approximate surface area is 162 Å². The Kier molecular flexibility index (Phi) is 2.57. The zero-order valence-corrected chi connectivity index (χ0v) is 14.1. The lowest BCUT2D eigenvalue weighted by Crippen LogP contribution is -2.41. The number of carbonyl (C=O) groups is 1. The minimum atomic E-state index is -3.31. The average Bonchev–Trinajstić information content (AvgIpc) is 3.03. The molecule has 3 aromatic rings. The van der Waals surface area contributed by atoms with Gasteiger partial charge in [0.2, 0.25) is 5.91 Å². The molecule has 7 heteroatoms. The van der Waals surface area contributed by atoms with Crippen LogP contribution in [0.15, 0.2) is 30.6 Å². The highest BCUT2D eigenvalue weighted by molar-refractivity contribution is 5.84. The molecule has 1 aromatic carbocycles. The van der Waals surface area contributed by atoms with Crippen LogP contribution in [0.4, 0.5) is 0 Å². The fourth-order valence-corrected chi connectivity index (χ4v) is 2.61. The summed E-state index contributed by atoms with van der Waals surface area (Å²) in [4.78, 5) is 25.6. The van der Waals surface area contributed by atoms with Crippen LogP contribution in [0.1, 0.15) is 22.6 Å². The molecule has 0 unspecified atom stereocenters. The van der Waals surface area contributed by atoms with E-state index in [9.17, 15) is 4.79 Å². The molecular formula is C19H21N5O2. The molecule has 0 bridgehead atoms. The summed E-state index contributed by atoms with van der Waals surface area (Å²) in [6, 6.07) is 5.43. The van der Waals surface area contributed by atoms with Crippen LogP contribution in [0.2, 0.25) is 0 Å². The lowest BCUT2D eigenvalue weighted by atomic mass is 10.1. The van der Waals surface area contributed by atoms with Crippen LogP contribution < -0.4 is 0 Å². The number of morpholine rings is 1. The van der Waals surface area contributed by atoms with E-state index < -0.39 is 38.4 Å². The van der Waals surface area contributed by atoms with Crippen molar-refractivity contribution < 1.29 is 20.5 Å². The van der Waals surface area contributed by atoms with Gasteiger partial charge in [0.25, 0.3) is 0 Å². The largest absolute Gasteiger partial charge is 0.378 e. The Balaban J connectivity index is 1.70. The number of hydrogen-bond donors (Lipinski definition) is 0. The van der Waals surface area contributed by atoms with Crippen LogP contribution in [0, 0.1) is 6.92 Å². The summed E-state index contributed by atoms with van der Waals surface area (Å²) in [7, 11) is 1.87. The van der Waals surface area contributed by atoms with Gasteiger partial charge < -0.3 is 14.2 Å². The zero-order chi connectivity index (χ0) is 25.3. The molecule has 4 rings (SSSR count). The van der Waals surface area contributed by atoms with Crippen molar-refractivity contribution in [2.45, 2.75) is 13.3 Å². The Bertz CT molecular complexity index is 1270. The number of benzene rings is 1. The Morgan fingerprint density at radius 2 is 2.08 bits per heavy atom. The maximum absolute atomic E-state index is 13.0. The molecule has 1 aliphatic rings. The van der Waals surface area contributed by atoms with E-state index in [1.54, 1.807) is 18.3 Å². The molecule has 0 aliphatic carbocycles. The van der Waals surface area contributed by atoms with Crippen LogP contribution in [0.25, 0.3) is 22.2 Å². The maximum Gasteiger partial charge on any atom is 0.230 e. The van der Waals surface area contributed by atoms with E-state index in [0.717, 1.165) is 17.1 Å². The van der Waals surface area contributed by atoms with Gasteiger partial charge in [-0.05, 0) is 13.0 Å². The summed E-state index contributed by atoms with van der Waals surface area (Å²) >= 11 is 0. The quantitative estimate of drug-likeness (QED) is 0.712. The summed E-state index contributed by atoms with van der Waals surface area (Å²) in [5.41, 5.74) is 2.14. The fraction of sp³-hybridized carbons (Fsp3) is 0.368. The first kappa shape index (κ1) is 9.78. The van der Waals surface area contributed by atoms with Crippen LogP contribution >= 0.6 is 0 Å². The molecule has 0 N–H and O–H groups in total. The van der Waals surface area contributed by atoms with Gasteiger partial charge >= 0.3 is 0 Å². The van der Waals surface area contributed by atoms with E-state index in [-0.39, 0.29) is 10.7 Å². The minimum absolute atomic E-state index is 0.0601. The first-order valence-electron chi connectivity index (χ1n) is 11.9. The molecule has 1 aliphatic heterocycles. The van der Waals surface area contributed by atoms with E-state index in [4.69, 9.17) is 11.0 Å². The third kappa shape index (κ3) is 3.17. The number of amides is 1. The van der Waals surface area contributed by atoms with Crippen molar-refractivity contribution >= 4 is 16.8 Å². The van der Waals surface area contributed by atoms with Gasteiger partial charge in [-0.15, -0.1) is 0 Å². The molecule has 2 aromatic heterocycles. The van der Waals surface area contributed by atoms with Gasteiger partial charge in [0.1, 0.15) is 11.6 Å². The minimum Gasteiger partial charge on any atom is -0.378 e. The summed E-state index contributed by atoms with van der Waals surface area (Å²) < 4.78 is 69.3. The van der Waals surface area contributed by atoms with Gasteiger partial charge in [0.05, 0.1) is 47.9 Å². The average molecular weight is 359 g/mol. The van der Waals surface area contributed by atoms with Crippen molar-refractivity contribution in [3.8, 4) is 11.3 Å². The van der Waals surface area contributed by atoms with Crippen LogP contribution in [0.3, 0.4) is 0 Å². The van der Waals surface area contributed by atoms with Gasteiger partial charge in [-0.25, -0.2) is 15.0 Å². The molecule has 134 valence electrons. The fourth-order valence-electron chi connectivity index (χ4n) is 2.61. The number of rotatable bonds is 3. The van der Waals surface area contributed by atoms with E-state index in [1.165, 1.54) is 6.20 Å². The normalized spacial score (nSPS) is 27.1. The van der Waals surface area contributed by atoms with Crippen molar-refractivity contribution in [1.29, 1.82) is 0 Å². The summed E-state index contributed by atoms with van der Waals surface area (Å²) in [5.74, 6) is -0.475. The van der Waals surface area contributed by atoms with Crippen LogP contribution in [-0.2, 0) is 23.0 Å². The number of ether oxygens (including phenoxy) is 1. The van der Waals surface area contributed by atoms with Crippen molar-refractivity contribution in [2.24, 2.45) is 7.05 Å². The highest BCUT2D eigenvalue weighted by atomic mass is 16.5. The number of hydrogen-bond acceptors (Lipinski definition) is 5. The molecule has 7 nitrogen and oxygen atoms in total. The molecule has 26 heavy (non-hydrogen) atoms. The van der Waals surface area contributed by atoms with Crippen LogP contribution in [-0.4, -0.2) is 56.4 Å². The first-order chi connectivity index (χ1) is 15.6. The lowest BCUT2D eigenvalue weighted by molar-refractivity contribution is -0.134. The molecule has 0 spiro atoms. The molecule has 3 heterocycles. The topological polar surface area (TPSA) is 73.1 Å². The van der Waals surface area contributed by atoms with E-state index in [2.05, 4.69) is 19.7 Å². The number of carbonyl (C=O) groups excluding carboxylic acids is 1. The summed E-state index contributed by atoms with van der Waals surface area (Å²) in [6.45, 7) is -11.4. The predicted molar refractivity (Wildman–Crippen MR) is 97.6 cm³/mol. The van der Waals surface area contributed by atoms with E-state index >= 15 is 0 Å². The standard InChI is InChI=1S/C19H21N5O2/c1-13-20-12-17(23(13)2)14-3-4-15-11-21-18(22-16(15)9-14)10-19(25)24-5-7-26-8-6-24/h3-4,9,11-12H,5-8,10H2,1-2H3/i5D2,6D2,7D2,8D2. The lowest BCUT2D eigenvalue weighted by Gasteiger charge is -2.26. The van der Waals surface area contributed by atoms with Gasteiger partial charge in [0, 0.05) is 37.2 Å².